The number of amides is 1. The van der Waals surface area contributed by atoms with Gasteiger partial charge in [0, 0.05) is 24.2 Å². The third-order valence-corrected chi connectivity index (χ3v) is 4.81. The van der Waals surface area contributed by atoms with Crippen LogP contribution >= 0.6 is 0 Å². The molecule has 1 aromatic carbocycles. The molecule has 1 aromatic heterocycles. The van der Waals surface area contributed by atoms with Crippen molar-refractivity contribution < 1.29 is 4.79 Å². The van der Waals surface area contributed by atoms with Gasteiger partial charge in [0.25, 0.3) is 5.91 Å². The molecule has 2 heterocycles. The Kier molecular flexibility index (Phi) is 4.06. The summed E-state index contributed by atoms with van der Waals surface area (Å²) in [6.07, 6.45) is 3.11. The van der Waals surface area contributed by atoms with Gasteiger partial charge in [-0.05, 0) is 37.0 Å². The minimum absolute atomic E-state index is 0.0509. The molecule has 1 saturated heterocycles. The van der Waals surface area contributed by atoms with E-state index in [9.17, 15) is 4.79 Å². The molecule has 3 heteroatoms. The second-order valence-electron chi connectivity index (χ2n) is 6.51. The summed E-state index contributed by atoms with van der Waals surface area (Å²) >= 11 is 0. The fourth-order valence-electron chi connectivity index (χ4n) is 3.43. The van der Waals surface area contributed by atoms with Crippen LogP contribution in [0.15, 0.2) is 42.5 Å². The third-order valence-electron chi connectivity index (χ3n) is 4.81. The smallest absolute Gasteiger partial charge is 0.270 e. The number of aromatic nitrogens is 1. The highest BCUT2D eigenvalue weighted by Crippen LogP contribution is 2.34. The van der Waals surface area contributed by atoms with E-state index in [1.165, 1.54) is 5.56 Å². The largest absolute Gasteiger partial charge is 0.354 e. The molecule has 0 spiro atoms. The first-order valence-corrected chi connectivity index (χ1v) is 8.15. The predicted molar refractivity (Wildman–Crippen MR) is 89.1 cm³/mol. The quantitative estimate of drug-likeness (QED) is 0.919. The van der Waals surface area contributed by atoms with Crippen LogP contribution in [0.25, 0.3) is 0 Å². The summed E-state index contributed by atoms with van der Waals surface area (Å²) in [4.78, 5) is 18.0. The molecule has 1 fully saturated rings. The van der Waals surface area contributed by atoms with Gasteiger partial charge in [-0.25, -0.2) is 0 Å². The zero-order valence-corrected chi connectivity index (χ0v) is 13.4. The number of nitrogens with zero attached hydrogens (tertiary/aromatic N) is 1. The Morgan fingerprint density at radius 3 is 2.68 bits per heavy atom. The number of carbonyl (C=O) groups excluding carboxylic acids is 1. The topological polar surface area (TPSA) is 36.1 Å². The first-order valence-electron chi connectivity index (χ1n) is 8.15. The minimum atomic E-state index is 0.0509. The third kappa shape index (κ3) is 2.80. The average molecular weight is 296 g/mol. The Morgan fingerprint density at radius 1 is 1.23 bits per heavy atom. The molecule has 22 heavy (non-hydrogen) atoms. The van der Waals surface area contributed by atoms with Crippen molar-refractivity contribution in [1.29, 1.82) is 0 Å². The van der Waals surface area contributed by atoms with Crippen molar-refractivity contribution in [3.63, 3.8) is 0 Å². The molecule has 1 unspecified atom stereocenters. The summed E-state index contributed by atoms with van der Waals surface area (Å²) in [6.45, 7) is 6.00. The molecule has 1 atom stereocenters. The van der Waals surface area contributed by atoms with Crippen LogP contribution in [0.1, 0.15) is 48.4 Å². The number of carbonyl (C=O) groups is 1. The fourth-order valence-corrected chi connectivity index (χ4v) is 3.43. The molecule has 1 amide bonds. The lowest BCUT2D eigenvalue weighted by Crippen LogP contribution is -2.47. The molecule has 1 aliphatic rings. The molecular formula is C19H24N2O. The lowest BCUT2D eigenvalue weighted by molar-refractivity contribution is 0.0645. The molecule has 0 bridgehead atoms. The average Bonchev–Trinajstić information content (AvgIpc) is 3.04. The van der Waals surface area contributed by atoms with Crippen molar-refractivity contribution in [3.05, 3.63) is 59.4 Å². The molecular weight excluding hydrogens is 272 g/mol. The minimum Gasteiger partial charge on any atom is -0.354 e. The number of aryl methyl sites for hydroxylation is 1. The Balaban J connectivity index is 1.79. The standard InChI is InChI=1S/C19H24N2O/c1-3-16-10-11-17(20-16)18(22)21-13-7-12-19(2,14-21)15-8-5-4-6-9-15/h4-6,8-11,20H,3,7,12-14H2,1-2H3. The Bertz CT molecular complexity index is 646. The summed E-state index contributed by atoms with van der Waals surface area (Å²) in [6, 6.07) is 14.5. The van der Waals surface area contributed by atoms with Gasteiger partial charge < -0.3 is 9.88 Å². The van der Waals surface area contributed by atoms with Crippen molar-refractivity contribution in [3.8, 4) is 0 Å². The molecule has 2 aromatic rings. The summed E-state index contributed by atoms with van der Waals surface area (Å²) in [5, 5.41) is 0. The van der Waals surface area contributed by atoms with Gasteiger partial charge >= 0.3 is 0 Å². The van der Waals surface area contributed by atoms with Crippen molar-refractivity contribution in [2.75, 3.05) is 13.1 Å². The van der Waals surface area contributed by atoms with Crippen LogP contribution in [0.5, 0.6) is 0 Å². The molecule has 3 rings (SSSR count). The number of likely N-dealkylation sites (tertiary alicyclic amines) is 1. The summed E-state index contributed by atoms with van der Waals surface area (Å²) in [5.41, 5.74) is 3.21. The van der Waals surface area contributed by atoms with Gasteiger partial charge in [0.15, 0.2) is 0 Å². The number of hydrogen-bond donors (Lipinski definition) is 1. The van der Waals surface area contributed by atoms with Gasteiger partial charge in [0.05, 0.1) is 0 Å². The van der Waals surface area contributed by atoms with E-state index in [1.807, 2.05) is 23.1 Å². The first kappa shape index (κ1) is 14.9. The predicted octanol–water partition coefficient (Wildman–Crippen LogP) is 3.77. The highest BCUT2D eigenvalue weighted by atomic mass is 16.2. The van der Waals surface area contributed by atoms with E-state index in [2.05, 4.69) is 43.1 Å². The van der Waals surface area contributed by atoms with E-state index < -0.39 is 0 Å². The van der Waals surface area contributed by atoms with Crippen molar-refractivity contribution >= 4 is 5.91 Å². The zero-order chi connectivity index (χ0) is 15.6. The number of benzene rings is 1. The van der Waals surface area contributed by atoms with Crippen LogP contribution in [0.3, 0.4) is 0 Å². The van der Waals surface area contributed by atoms with Gasteiger partial charge in [-0.3, -0.25) is 4.79 Å². The molecule has 1 aliphatic heterocycles. The van der Waals surface area contributed by atoms with Gasteiger partial charge in [-0.2, -0.15) is 0 Å². The second-order valence-corrected chi connectivity index (χ2v) is 6.51. The maximum absolute atomic E-state index is 12.7. The number of H-pyrrole nitrogens is 1. The number of nitrogens with one attached hydrogen (secondary N) is 1. The van der Waals surface area contributed by atoms with Crippen LogP contribution in [0.4, 0.5) is 0 Å². The van der Waals surface area contributed by atoms with Crippen LogP contribution in [0.2, 0.25) is 0 Å². The van der Waals surface area contributed by atoms with E-state index in [-0.39, 0.29) is 11.3 Å². The normalized spacial score (nSPS) is 21.8. The highest BCUT2D eigenvalue weighted by Gasteiger charge is 2.35. The fraction of sp³-hybridized carbons (Fsp3) is 0.421. The van der Waals surface area contributed by atoms with Crippen LogP contribution in [0, 0.1) is 0 Å². The van der Waals surface area contributed by atoms with Gasteiger partial charge in [0.2, 0.25) is 0 Å². The lowest BCUT2D eigenvalue weighted by atomic mass is 9.76. The van der Waals surface area contributed by atoms with E-state index >= 15 is 0 Å². The Labute approximate surface area is 132 Å². The monoisotopic (exact) mass is 296 g/mol. The van der Waals surface area contributed by atoms with Crippen molar-refractivity contribution in [2.24, 2.45) is 0 Å². The SMILES string of the molecule is CCc1ccc(C(=O)N2CCCC(C)(c3ccccc3)C2)[nH]1. The van der Waals surface area contributed by atoms with Crippen molar-refractivity contribution in [1.82, 2.24) is 9.88 Å². The zero-order valence-electron chi connectivity index (χ0n) is 13.4. The van der Waals surface area contributed by atoms with Crippen LogP contribution in [-0.2, 0) is 11.8 Å². The Hall–Kier alpha value is -2.03. The van der Waals surface area contributed by atoms with Crippen LogP contribution in [-0.4, -0.2) is 28.9 Å². The van der Waals surface area contributed by atoms with E-state index in [4.69, 9.17) is 0 Å². The molecule has 1 N–H and O–H groups in total. The van der Waals surface area contributed by atoms with Crippen molar-refractivity contribution in [2.45, 2.75) is 38.5 Å². The lowest BCUT2D eigenvalue weighted by Gasteiger charge is -2.40. The summed E-state index contributed by atoms with van der Waals surface area (Å²) < 4.78 is 0. The molecule has 116 valence electrons. The maximum atomic E-state index is 12.7. The molecule has 0 aliphatic carbocycles. The molecule has 0 saturated carbocycles. The van der Waals surface area contributed by atoms with E-state index in [1.54, 1.807) is 0 Å². The number of rotatable bonds is 3. The van der Waals surface area contributed by atoms with Gasteiger partial charge in [-0.15, -0.1) is 0 Å². The highest BCUT2D eigenvalue weighted by molar-refractivity contribution is 5.92. The molecule has 3 nitrogen and oxygen atoms in total. The summed E-state index contributed by atoms with van der Waals surface area (Å²) in [5.74, 6) is 0.126. The molecule has 0 radical (unpaired) electrons. The number of piperidine rings is 1. The first-order chi connectivity index (χ1) is 10.6. The Morgan fingerprint density at radius 2 is 2.00 bits per heavy atom. The number of aromatic amines is 1. The number of hydrogen-bond acceptors (Lipinski definition) is 1. The van der Waals surface area contributed by atoms with Crippen LogP contribution < -0.4 is 0 Å². The van der Waals surface area contributed by atoms with Gasteiger partial charge in [0.1, 0.15) is 5.69 Å². The summed E-state index contributed by atoms with van der Waals surface area (Å²) in [7, 11) is 0. The maximum Gasteiger partial charge on any atom is 0.270 e. The van der Waals surface area contributed by atoms with E-state index in [0.717, 1.165) is 38.0 Å². The van der Waals surface area contributed by atoms with Gasteiger partial charge in [-0.1, -0.05) is 44.2 Å². The van der Waals surface area contributed by atoms with E-state index in [0.29, 0.717) is 5.69 Å². The second kappa shape index (κ2) is 5.99.